The SMILES string of the molecule is CC[C@@]1(c2ccccc2)NC(=S)NC1=O. The molecule has 1 heterocycles. The number of thiocarbonyl (C=S) groups is 1. The molecule has 1 fully saturated rings. The van der Waals surface area contributed by atoms with Gasteiger partial charge in [-0.25, -0.2) is 0 Å². The number of benzene rings is 1. The molecule has 78 valence electrons. The van der Waals surface area contributed by atoms with Crippen molar-refractivity contribution in [3.8, 4) is 0 Å². The highest BCUT2D eigenvalue weighted by Gasteiger charge is 2.44. The molecule has 1 aliphatic heterocycles. The molecule has 0 saturated carbocycles. The van der Waals surface area contributed by atoms with Gasteiger partial charge in [0, 0.05) is 0 Å². The summed E-state index contributed by atoms with van der Waals surface area (Å²) in [6, 6.07) is 9.64. The second-order valence-electron chi connectivity index (χ2n) is 3.53. The molecule has 4 heteroatoms. The van der Waals surface area contributed by atoms with Crippen LogP contribution in [0.3, 0.4) is 0 Å². The first-order chi connectivity index (χ1) is 7.19. The Hall–Kier alpha value is -1.42. The number of hydrogen-bond acceptors (Lipinski definition) is 2. The van der Waals surface area contributed by atoms with Gasteiger partial charge in [0.05, 0.1) is 0 Å². The lowest BCUT2D eigenvalue weighted by Gasteiger charge is -2.25. The van der Waals surface area contributed by atoms with Gasteiger partial charge in [-0.05, 0) is 24.2 Å². The van der Waals surface area contributed by atoms with E-state index >= 15 is 0 Å². The van der Waals surface area contributed by atoms with Crippen molar-refractivity contribution in [2.24, 2.45) is 0 Å². The van der Waals surface area contributed by atoms with E-state index in [9.17, 15) is 4.79 Å². The third-order valence-corrected chi connectivity index (χ3v) is 2.94. The van der Waals surface area contributed by atoms with E-state index in [0.717, 1.165) is 5.56 Å². The first-order valence-corrected chi connectivity index (χ1v) is 5.29. The molecule has 15 heavy (non-hydrogen) atoms. The molecule has 1 aromatic rings. The van der Waals surface area contributed by atoms with Crippen LogP contribution in [0.1, 0.15) is 18.9 Å². The van der Waals surface area contributed by atoms with Gasteiger partial charge < -0.3 is 10.6 Å². The fourth-order valence-electron chi connectivity index (χ4n) is 1.87. The quantitative estimate of drug-likeness (QED) is 0.738. The molecule has 1 aliphatic rings. The third-order valence-electron chi connectivity index (χ3n) is 2.74. The summed E-state index contributed by atoms with van der Waals surface area (Å²) >= 11 is 4.97. The molecule has 2 rings (SSSR count). The van der Waals surface area contributed by atoms with Crippen LogP contribution in [0.25, 0.3) is 0 Å². The van der Waals surface area contributed by atoms with Crippen molar-refractivity contribution in [2.45, 2.75) is 18.9 Å². The van der Waals surface area contributed by atoms with Gasteiger partial charge in [0.15, 0.2) is 5.11 Å². The minimum Gasteiger partial charge on any atom is -0.344 e. The Morgan fingerprint density at radius 3 is 2.47 bits per heavy atom. The second-order valence-corrected chi connectivity index (χ2v) is 3.94. The maximum Gasteiger partial charge on any atom is 0.256 e. The minimum absolute atomic E-state index is 0.0683. The van der Waals surface area contributed by atoms with Crippen molar-refractivity contribution in [1.29, 1.82) is 0 Å². The first-order valence-electron chi connectivity index (χ1n) is 4.88. The molecule has 1 amide bonds. The van der Waals surface area contributed by atoms with Crippen LogP contribution in [0.15, 0.2) is 30.3 Å². The van der Waals surface area contributed by atoms with Crippen molar-refractivity contribution in [3.63, 3.8) is 0 Å². The Morgan fingerprint density at radius 2 is 2.00 bits per heavy atom. The largest absolute Gasteiger partial charge is 0.344 e. The zero-order valence-corrected chi connectivity index (χ0v) is 9.23. The molecule has 2 N–H and O–H groups in total. The molecular weight excluding hydrogens is 208 g/mol. The van der Waals surface area contributed by atoms with Crippen molar-refractivity contribution >= 4 is 23.2 Å². The molecule has 3 nitrogen and oxygen atoms in total. The molecule has 0 spiro atoms. The van der Waals surface area contributed by atoms with Crippen molar-refractivity contribution in [2.75, 3.05) is 0 Å². The molecule has 0 aliphatic carbocycles. The highest BCUT2D eigenvalue weighted by molar-refractivity contribution is 7.80. The summed E-state index contributed by atoms with van der Waals surface area (Å²) in [5.41, 5.74) is 0.267. The van der Waals surface area contributed by atoms with Crippen LogP contribution in [0.4, 0.5) is 0 Å². The normalized spacial score (nSPS) is 24.9. The number of amides is 1. The summed E-state index contributed by atoms with van der Waals surface area (Å²) in [6.45, 7) is 1.97. The smallest absolute Gasteiger partial charge is 0.256 e. The number of carbonyl (C=O) groups is 1. The number of carbonyl (C=O) groups excluding carboxylic acids is 1. The summed E-state index contributed by atoms with van der Waals surface area (Å²) in [5, 5.41) is 6.10. The molecule has 0 unspecified atom stereocenters. The second kappa shape index (κ2) is 3.62. The predicted octanol–water partition coefficient (Wildman–Crippen LogP) is 1.30. The summed E-state index contributed by atoms with van der Waals surface area (Å²) in [7, 11) is 0. The summed E-state index contributed by atoms with van der Waals surface area (Å²) in [5.74, 6) is -0.0683. The van der Waals surface area contributed by atoms with E-state index in [0.29, 0.717) is 11.5 Å². The number of hydrogen-bond donors (Lipinski definition) is 2. The Balaban J connectivity index is 2.47. The Labute approximate surface area is 93.9 Å². The fourth-order valence-corrected chi connectivity index (χ4v) is 2.14. The van der Waals surface area contributed by atoms with E-state index in [-0.39, 0.29) is 5.91 Å². The number of rotatable bonds is 2. The van der Waals surface area contributed by atoms with E-state index in [1.807, 2.05) is 37.3 Å². The molecule has 0 bridgehead atoms. The molecule has 1 saturated heterocycles. The van der Waals surface area contributed by atoms with Crippen LogP contribution in [-0.2, 0) is 10.3 Å². The topological polar surface area (TPSA) is 41.1 Å². The first kappa shape index (κ1) is 10.1. The molecule has 1 atom stereocenters. The van der Waals surface area contributed by atoms with Crippen LogP contribution >= 0.6 is 12.2 Å². The van der Waals surface area contributed by atoms with Crippen molar-refractivity contribution < 1.29 is 4.79 Å². The lowest BCUT2D eigenvalue weighted by molar-refractivity contribution is -0.124. The van der Waals surface area contributed by atoms with Crippen molar-refractivity contribution in [1.82, 2.24) is 10.6 Å². The van der Waals surface area contributed by atoms with E-state index in [4.69, 9.17) is 12.2 Å². The van der Waals surface area contributed by atoms with E-state index in [2.05, 4.69) is 10.6 Å². The standard InChI is InChI=1S/C11H12N2OS/c1-2-11(8-6-4-3-5-7-8)9(14)12-10(15)13-11/h3-7H,2H2,1H3,(H2,12,13,14,15)/t11-/m0/s1. The fraction of sp³-hybridized carbons (Fsp3) is 0.273. The summed E-state index contributed by atoms with van der Waals surface area (Å²) in [4.78, 5) is 11.9. The number of nitrogens with one attached hydrogen (secondary N) is 2. The summed E-state index contributed by atoms with van der Waals surface area (Å²) < 4.78 is 0. The highest BCUT2D eigenvalue weighted by atomic mass is 32.1. The monoisotopic (exact) mass is 220 g/mol. The van der Waals surface area contributed by atoms with Crippen molar-refractivity contribution in [3.05, 3.63) is 35.9 Å². The Morgan fingerprint density at radius 1 is 1.33 bits per heavy atom. The van der Waals surface area contributed by atoms with Crippen LogP contribution in [-0.4, -0.2) is 11.0 Å². The molecule has 0 radical (unpaired) electrons. The van der Waals surface area contributed by atoms with Gasteiger partial charge in [-0.1, -0.05) is 37.3 Å². The average Bonchev–Trinajstić information content (AvgIpc) is 2.56. The van der Waals surface area contributed by atoms with Crippen LogP contribution in [0, 0.1) is 0 Å². The lowest BCUT2D eigenvalue weighted by atomic mass is 9.87. The lowest BCUT2D eigenvalue weighted by Crippen LogP contribution is -2.43. The van der Waals surface area contributed by atoms with Crippen LogP contribution in [0.2, 0.25) is 0 Å². The van der Waals surface area contributed by atoms with Gasteiger partial charge in [-0.15, -0.1) is 0 Å². The van der Waals surface area contributed by atoms with E-state index in [1.54, 1.807) is 0 Å². The zero-order valence-electron chi connectivity index (χ0n) is 8.41. The van der Waals surface area contributed by atoms with E-state index < -0.39 is 5.54 Å². The highest BCUT2D eigenvalue weighted by Crippen LogP contribution is 2.27. The van der Waals surface area contributed by atoms with Crippen LogP contribution < -0.4 is 10.6 Å². The average molecular weight is 220 g/mol. The zero-order chi connectivity index (χ0) is 10.9. The summed E-state index contributed by atoms with van der Waals surface area (Å²) in [6.07, 6.45) is 0.670. The van der Waals surface area contributed by atoms with Gasteiger partial charge >= 0.3 is 0 Å². The van der Waals surface area contributed by atoms with Gasteiger partial charge in [-0.2, -0.15) is 0 Å². The Bertz CT molecular complexity index is 404. The molecule has 1 aromatic carbocycles. The van der Waals surface area contributed by atoms with Gasteiger partial charge in [0.25, 0.3) is 5.91 Å². The maximum atomic E-state index is 11.9. The van der Waals surface area contributed by atoms with Crippen LogP contribution in [0.5, 0.6) is 0 Å². The minimum atomic E-state index is -0.682. The van der Waals surface area contributed by atoms with Gasteiger partial charge in [0.1, 0.15) is 5.54 Å². The van der Waals surface area contributed by atoms with Gasteiger partial charge in [-0.3, -0.25) is 4.79 Å². The predicted molar refractivity (Wildman–Crippen MR) is 62.3 cm³/mol. The van der Waals surface area contributed by atoms with Gasteiger partial charge in [0.2, 0.25) is 0 Å². The molecular formula is C11H12N2OS. The Kier molecular flexibility index (Phi) is 2.44. The molecule has 0 aromatic heterocycles. The third kappa shape index (κ3) is 1.51. The maximum absolute atomic E-state index is 11.9. The van der Waals surface area contributed by atoms with E-state index in [1.165, 1.54) is 0 Å².